The van der Waals surface area contributed by atoms with E-state index in [4.69, 9.17) is 9.47 Å². The molecule has 2 atom stereocenters. The summed E-state index contributed by atoms with van der Waals surface area (Å²) in [6.45, 7) is 1.54. The molecule has 1 aromatic carbocycles. The van der Waals surface area contributed by atoms with Gasteiger partial charge in [0.2, 0.25) is 0 Å². The number of hydrogen-bond acceptors (Lipinski definition) is 5. The van der Waals surface area contributed by atoms with Crippen LogP contribution in [-0.2, 0) is 16.6 Å². The van der Waals surface area contributed by atoms with Crippen molar-refractivity contribution in [1.29, 1.82) is 0 Å². The lowest BCUT2D eigenvalue weighted by Crippen LogP contribution is -2.43. The van der Waals surface area contributed by atoms with E-state index < -0.39 is 12.0 Å². The van der Waals surface area contributed by atoms with Gasteiger partial charge < -0.3 is 14.6 Å². The Bertz CT molecular complexity index is 715. The number of carboxylic acids is 1. The number of carboxylic acid groups (broad SMARTS) is 1. The van der Waals surface area contributed by atoms with Crippen LogP contribution < -0.4 is 4.74 Å². The van der Waals surface area contributed by atoms with Crippen LogP contribution in [0.15, 0.2) is 36.7 Å². The van der Waals surface area contributed by atoms with E-state index in [1.807, 2.05) is 30.3 Å². The fourth-order valence-corrected chi connectivity index (χ4v) is 3.03. The van der Waals surface area contributed by atoms with Crippen molar-refractivity contribution in [3.05, 3.63) is 47.8 Å². The molecule has 3 rings (SSSR count). The molecule has 0 bridgehead atoms. The van der Waals surface area contributed by atoms with Gasteiger partial charge >= 0.3 is 5.97 Å². The summed E-state index contributed by atoms with van der Waals surface area (Å²) < 4.78 is 12.7. The molecular formula is C17H21N3O4. The largest absolute Gasteiger partial charge is 0.497 e. The number of methoxy groups -OCH3 is 1. The van der Waals surface area contributed by atoms with Gasteiger partial charge in [-0.2, -0.15) is 5.10 Å². The van der Waals surface area contributed by atoms with Gasteiger partial charge in [-0.15, -0.1) is 0 Å². The molecule has 1 fully saturated rings. The van der Waals surface area contributed by atoms with Gasteiger partial charge in [-0.05, 0) is 17.7 Å². The zero-order valence-electron chi connectivity index (χ0n) is 13.8. The lowest BCUT2D eigenvalue weighted by atomic mass is 10.0. The van der Waals surface area contributed by atoms with Gasteiger partial charge in [-0.1, -0.05) is 12.1 Å². The van der Waals surface area contributed by atoms with Crippen LogP contribution in [0.3, 0.4) is 0 Å². The number of hydrogen-bond donors (Lipinski definition) is 1. The van der Waals surface area contributed by atoms with Crippen molar-refractivity contribution in [1.82, 2.24) is 14.7 Å². The van der Waals surface area contributed by atoms with Crippen molar-refractivity contribution in [3.63, 3.8) is 0 Å². The number of benzene rings is 1. The molecule has 2 aromatic rings. The van der Waals surface area contributed by atoms with Crippen molar-refractivity contribution >= 4 is 5.97 Å². The van der Waals surface area contributed by atoms with Gasteiger partial charge in [0.05, 0.1) is 26.0 Å². The average molecular weight is 331 g/mol. The smallest absolute Gasteiger partial charge is 0.325 e. The van der Waals surface area contributed by atoms with Crippen LogP contribution in [0.1, 0.15) is 23.3 Å². The molecule has 1 aliphatic rings. The van der Waals surface area contributed by atoms with E-state index in [-0.39, 0.29) is 6.10 Å². The highest BCUT2D eigenvalue weighted by atomic mass is 16.5. The maximum atomic E-state index is 11.9. The van der Waals surface area contributed by atoms with Gasteiger partial charge in [0.25, 0.3) is 0 Å². The first-order chi connectivity index (χ1) is 11.6. The second-order valence-corrected chi connectivity index (χ2v) is 5.82. The van der Waals surface area contributed by atoms with Gasteiger partial charge in [-0.3, -0.25) is 14.4 Å². The highest BCUT2D eigenvalue weighted by molar-refractivity contribution is 5.75. The quantitative estimate of drug-likeness (QED) is 0.897. The third-order valence-electron chi connectivity index (χ3n) is 4.20. The topological polar surface area (TPSA) is 76.8 Å². The Balaban J connectivity index is 1.84. The zero-order valence-corrected chi connectivity index (χ0v) is 13.8. The lowest BCUT2D eigenvalue weighted by molar-refractivity contribution is -0.147. The molecule has 2 unspecified atom stereocenters. The molecular weight excluding hydrogens is 310 g/mol. The number of ether oxygens (including phenoxy) is 2. The average Bonchev–Trinajstić information content (AvgIpc) is 3.02. The lowest BCUT2D eigenvalue weighted by Gasteiger charge is -2.36. The van der Waals surface area contributed by atoms with Crippen LogP contribution in [0.2, 0.25) is 0 Å². The van der Waals surface area contributed by atoms with Crippen molar-refractivity contribution in [2.75, 3.05) is 26.8 Å². The molecule has 0 radical (unpaired) electrons. The minimum Gasteiger partial charge on any atom is -0.497 e. The molecule has 0 spiro atoms. The molecule has 7 nitrogen and oxygen atoms in total. The zero-order chi connectivity index (χ0) is 17.1. The molecule has 1 N–H and O–H groups in total. The first-order valence-electron chi connectivity index (χ1n) is 7.79. The third-order valence-corrected chi connectivity index (χ3v) is 4.20. The Labute approximate surface area is 140 Å². The maximum Gasteiger partial charge on any atom is 0.325 e. The number of aliphatic carboxylic acids is 1. The molecule has 2 heterocycles. The van der Waals surface area contributed by atoms with Crippen molar-refractivity contribution in [2.24, 2.45) is 7.05 Å². The summed E-state index contributed by atoms with van der Waals surface area (Å²) in [5, 5.41) is 13.9. The van der Waals surface area contributed by atoms with E-state index in [0.717, 1.165) is 5.56 Å². The van der Waals surface area contributed by atoms with Crippen molar-refractivity contribution in [2.45, 2.75) is 12.1 Å². The number of aryl methyl sites for hydroxylation is 1. The Morgan fingerprint density at radius 3 is 3.00 bits per heavy atom. The second-order valence-electron chi connectivity index (χ2n) is 5.82. The first-order valence-corrected chi connectivity index (χ1v) is 7.79. The molecule has 1 saturated heterocycles. The van der Waals surface area contributed by atoms with Gasteiger partial charge in [0.15, 0.2) is 0 Å². The molecule has 0 saturated carbocycles. The van der Waals surface area contributed by atoms with Crippen LogP contribution >= 0.6 is 0 Å². The summed E-state index contributed by atoms with van der Waals surface area (Å²) in [5.41, 5.74) is 1.66. The fraction of sp³-hybridized carbons (Fsp3) is 0.412. The van der Waals surface area contributed by atoms with Crippen LogP contribution in [-0.4, -0.2) is 52.6 Å². The highest BCUT2D eigenvalue weighted by Crippen LogP contribution is 2.30. The standard InChI is InChI=1S/C17H21N3O4/c1-19-10-13(9-18-19)15-11-20(6-7-24-15)16(17(21)22)12-4-3-5-14(8-12)23-2/h3-5,8-10,15-16H,6-7,11H2,1-2H3,(H,21,22). The Hall–Kier alpha value is -2.38. The van der Waals surface area contributed by atoms with Crippen molar-refractivity contribution < 1.29 is 19.4 Å². The second kappa shape index (κ2) is 7.02. The number of aromatic nitrogens is 2. The van der Waals surface area contributed by atoms with E-state index in [9.17, 15) is 9.90 Å². The van der Waals surface area contributed by atoms with Crippen molar-refractivity contribution in [3.8, 4) is 5.75 Å². The van der Waals surface area contributed by atoms with Crippen LogP contribution in [0, 0.1) is 0 Å². The summed E-state index contributed by atoms with van der Waals surface area (Å²) in [4.78, 5) is 13.8. The highest BCUT2D eigenvalue weighted by Gasteiger charge is 2.33. The van der Waals surface area contributed by atoms with Gasteiger partial charge in [0, 0.05) is 31.9 Å². The third kappa shape index (κ3) is 3.42. The molecule has 24 heavy (non-hydrogen) atoms. The van der Waals surface area contributed by atoms with E-state index in [1.54, 1.807) is 30.1 Å². The van der Waals surface area contributed by atoms with E-state index in [2.05, 4.69) is 5.10 Å². The number of morpholine rings is 1. The summed E-state index contributed by atoms with van der Waals surface area (Å²) in [6, 6.07) is 6.47. The number of nitrogens with zero attached hydrogens (tertiary/aromatic N) is 3. The monoisotopic (exact) mass is 331 g/mol. The Morgan fingerprint density at radius 1 is 1.50 bits per heavy atom. The molecule has 0 aliphatic carbocycles. The minimum atomic E-state index is -0.880. The van der Waals surface area contributed by atoms with Gasteiger partial charge in [0.1, 0.15) is 11.8 Å². The predicted octanol–water partition coefficient (Wildman–Crippen LogP) is 1.63. The Kier molecular flexibility index (Phi) is 4.82. The van der Waals surface area contributed by atoms with Crippen LogP contribution in [0.4, 0.5) is 0 Å². The fourth-order valence-electron chi connectivity index (χ4n) is 3.03. The number of carbonyl (C=O) groups is 1. The molecule has 128 valence electrons. The van der Waals surface area contributed by atoms with E-state index in [0.29, 0.717) is 31.0 Å². The molecule has 7 heteroatoms. The maximum absolute atomic E-state index is 11.9. The van der Waals surface area contributed by atoms with Gasteiger partial charge in [-0.25, -0.2) is 0 Å². The van der Waals surface area contributed by atoms with E-state index in [1.165, 1.54) is 0 Å². The molecule has 1 aromatic heterocycles. The summed E-state index contributed by atoms with van der Waals surface area (Å²) >= 11 is 0. The van der Waals surface area contributed by atoms with Crippen LogP contribution in [0.5, 0.6) is 5.75 Å². The summed E-state index contributed by atoms with van der Waals surface area (Å²) in [7, 11) is 3.42. The molecule has 0 amide bonds. The summed E-state index contributed by atoms with van der Waals surface area (Å²) in [6.07, 6.45) is 3.48. The first kappa shape index (κ1) is 16.5. The minimum absolute atomic E-state index is 0.181. The predicted molar refractivity (Wildman–Crippen MR) is 86.8 cm³/mol. The number of rotatable bonds is 5. The molecule has 1 aliphatic heterocycles. The summed E-state index contributed by atoms with van der Waals surface area (Å²) in [5.74, 6) is -0.231. The van der Waals surface area contributed by atoms with Crippen LogP contribution in [0.25, 0.3) is 0 Å². The normalized spacial score (nSPS) is 19.8. The SMILES string of the molecule is COc1cccc(C(C(=O)O)N2CCOC(c3cnn(C)c3)C2)c1. The Morgan fingerprint density at radius 2 is 2.33 bits per heavy atom. The van der Waals surface area contributed by atoms with E-state index >= 15 is 0 Å².